The summed E-state index contributed by atoms with van der Waals surface area (Å²) in [4.78, 5) is 40.7. The van der Waals surface area contributed by atoms with Crippen molar-refractivity contribution in [3.63, 3.8) is 0 Å². The minimum atomic E-state index is -5.36. The Morgan fingerprint density at radius 3 is 2.34 bits per heavy atom. The van der Waals surface area contributed by atoms with Gasteiger partial charge >= 0.3 is 6.18 Å². The fourth-order valence-electron chi connectivity index (χ4n) is 4.71. The number of hydrogen-bond donors (Lipinski definition) is 1. The number of rotatable bonds is 3. The molecule has 0 fully saturated rings. The number of aryl methyl sites for hydroxylation is 1. The largest absolute Gasteiger partial charge is 0.425 e. The molecule has 0 saturated carbocycles. The Morgan fingerprint density at radius 1 is 1.09 bits per heavy atom. The van der Waals surface area contributed by atoms with Gasteiger partial charge in [0.15, 0.2) is 5.78 Å². The summed E-state index contributed by atoms with van der Waals surface area (Å²) < 4.78 is 58.4. The van der Waals surface area contributed by atoms with E-state index in [4.69, 9.17) is 11.6 Å². The van der Waals surface area contributed by atoms with E-state index in [0.717, 1.165) is 23.1 Å². The minimum absolute atomic E-state index is 0.0626. The molecule has 35 heavy (non-hydrogen) atoms. The molecule has 2 amide bonds. The number of allylic oxidation sites excluding steroid dienone is 1. The molecule has 1 heterocycles. The van der Waals surface area contributed by atoms with E-state index in [9.17, 15) is 31.9 Å². The van der Waals surface area contributed by atoms with E-state index in [1.54, 1.807) is 19.9 Å². The summed E-state index contributed by atoms with van der Waals surface area (Å²) in [5.74, 6) is -4.46. The van der Waals surface area contributed by atoms with Gasteiger partial charge in [-0.05, 0) is 48.6 Å². The average molecular weight is 509 g/mol. The van der Waals surface area contributed by atoms with Gasteiger partial charge in [-0.25, -0.2) is 4.39 Å². The number of Topliss-reactive ketones (excluding diaryl/α,β-unsaturated/α-hetero) is 1. The van der Waals surface area contributed by atoms with Gasteiger partial charge in [0.2, 0.25) is 5.54 Å². The molecule has 2 aromatic carbocycles. The van der Waals surface area contributed by atoms with Crippen molar-refractivity contribution in [1.29, 1.82) is 0 Å². The Morgan fingerprint density at radius 2 is 1.74 bits per heavy atom. The summed E-state index contributed by atoms with van der Waals surface area (Å²) in [6.07, 6.45) is -5.68. The molecule has 4 rings (SSSR count). The van der Waals surface area contributed by atoms with Crippen LogP contribution < -0.4 is 10.2 Å². The first-order chi connectivity index (χ1) is 16.2. The normalized spacial score (nSPS) is 21.9. The van der Waals surface area contributed by atoms with Gasteiger partial charge in [0.1, 0.15) is 5.82 Å². The number of benzene rings is 2. The van der Waals surface area contributed by atoms with Gasteiger partial charge < -0.3 is 5.32 Å². The second-order valence-corrected chi connectivity index (χ2v) is 9.93. The maximum atomic E-state index is 14.9. The summed E-state index contributed by atoms with van der Waals surface area (Å²) in [7, 11) is 0. The van der Waals surface area contributed by atoms with Crippen LogP contribution >= 0.6 is 11.6 Å². The zero-order valence-corrected chi connectivity index (χ0v) is 19.8. The maximum absolute atomic E-state index is 14.9. The number of carbonyl (C=O) groups excluding carboxylic acids is 3. The highest BCUT2D eigenvalue weighted by Gasteiger charge is 2.72. The smallest absolute Gasteiger partial charge is 0.326 e. The minimum Gasteiger partial charge on any atom is -0.326 e. The monoisotopic (exact) mass is 508 g/mol. The molecule has 1 aliphatic heterocycles. The van der Waals surface area contributed by atoms with Crippen LogP contribution in [0.15, 0.2) is 53.7 Å². The number of nitrogens with one attached hydrogen (secondary N) is 1. The zero-order chi connectivity index (χ0) is 25.9. The summed E-state index contributed by atoms with van der Waals surface area (Å²) in [5, 5.41) is 1.47. The van der Waals surface area contributed by atoms with Crippen LogP contribution in [0.4, 0.5) is 23.2 Å². The van der Waals surface area contributed by atoms with Crippen molar-refractivity contribution in [2.24, 2.45) is 5.41 Å². The van der Waals surface area contributed by atoms with Crippen LogP contribution in [-0.2, 0) is 9.59 Å². The Bertz CT molecular complexity index is 1300. The molecule has 1 N–H and O–H groups in total. The zero-order valence-electron chi connectivity index (χ0n) is 19.0. The lowest BCUT2D eigenvalue weighted by molar-refractivity contribution is -0.186. The molecule has 2 aromatic rings. The molecular formula is C25H21ClF4N2O3. The van der Waals surface area contributed by atoms with Crippen LogP contribution in [-0.4, -0.2) is 29.3 Å². The summed E-state index contributed by atoms with van der Waals surface area (Å²) in [5.41, 5.74) is -5.22. The number of anilines is 1. The quantitative estimate of drug-likeness (QED) is 0.556. The van der Waals surface area contributed by atoms with Crippen LogP contribution in [0.2, 0.25) is 5.02 Å². The fourth-order valence-corrected chi connectivity index (χ4v) is 4.89. The number of carbonyl (C=O) groups is 3. The van der Waals surface area contributed by atoms with Gasteiger partial charge in [-0.1, -0.05) is 43.6 Å². The molecule has 0 unspecified atom stereocenters. The van der Waals surface area contributed by atoms with E-state index in [-0.39, 0.29) is 29.8 Å². The lowest BCUT2D eigenvalue weighted by Gasteiger charge is -2.35. The highest BCUT2D eigenvalue weighted by atomic mass is 35.5. The van der Waals surface area contributed by atoms with Crippen LogP contribution in [0.3, 0.4) is 0 Å². The SMILES string of the molecule is Cc1ccccc1C(=O)N[C@@]1(C(F)(F)F)C(=O)N(c2ccc(F)c(Cl)c2)C2=C1C(=O)CC(C)(C)C2. The van der Waals surface area contributed by atoms with E-state index in [1.165, 1.54) is 25.1 Å². The van der Waals surface area contributed by atoms with Crippen molar-refractivity contribution in [2.45, 2.75) is 45.3 Å². The highest BCUT2D eigenvalue weighted by Crippen LogP contribution is 2.53. The molecule has 0 saturated heterocycles. The van der Waals surface area contributed by atoms with Gasteiger partial charge in [0.05, 0.1) is 16.3 Å². The van der Waals surface area contributed by atoms with E-state index in [1.807, 2.05) is 5.32 Å². The third kappa shape index (κ3) is 3.91. The van der Waals surface area contributed by atoms with Gasteiger partial charge in [0.25, 0.3) is 11.8 Å². The van der Waals surface area contributed by atoms with E-state index >= 15 is 0 Å². The lowest BCUT2D eigenvalue weighted by Crippen LogP contribution is -2.66. The molecule has 10 heteroatoms. The average Bonchev–Trinajstić information content (AvgIpc) is 2.98. The Kier molecular flexibility index (Phi) is 5.83. The topological polar surface area (TPSA) is 66.5 Å². The van der Waals surface area contributed by atoms with Gasteiger partial charge in [-0.2, -0.15) is 13.2 Å². The van der Waals surface area contributed by atoms with Crippen LogP contribution in [0.1, 0.15) is 42.6 Å². The molecule has 184 valence electrons. The van der Waals surface area contributed by atoms with E-state index < -0.39 is 51.1 Å². The van der Waals surface area contributed by atoms with Crippen molar-refractivity contribution < 1.29 is 31.9 Å². The molecule has 2 aliphatic rings. The highest BCUT2D eigenvalue weighted by molar-refractivity contribution is 6.31. The molecule has 1 atom stereocenters. The molecule has 1 aliphatic carbocycles. The number of nitrogens with zero attached hydrogens (tertiary/aromatic N) is 1. The fraction of sp³-hybridized carbons (Fsp3) is 0.320. The van der Waals surface area contributed by atoms with E-state index in [2.05, 4.69) is 0 Å². The number of alkyl halides is 3. The van der Waals surface area contributed by atoms with Crippen LogP contribution in [0.25, 0.3) is 0 Å². The Hall–Kier alpha value is -3.20. The second kappa shape index (κ2) is 8.19. The maximum Gasteiger partial charge on any atom is 0.425 e. The van der Waals surface area contributed by atoms with Crippen molar-refractivity contribution in [2.75, 3.05) is 4.90 Å². The van der Waals surface area contributed by atoms with Crippen molar-refractivity contribution in [1.82, 2.24) is 5.32 Å². The van der Waals surface area contributed by atoms with Crippen LogP contribution in [0, 0.1) is 18.2 Å². The van der Waals surface area contributed by atoms with Gasteiger partial charge in [0, 0.05) is 17.7 Å². The third-order valence-corrected chi connectivity index (χ3v) is 6.59. The Balaban J connectivity index is 1.97. The molecular weight excluding hydrogens is 488 g/mol. The third-order valence-electron chi connectivity index (χ3n) is 6.30. The second-order valence-electron chi connectivity index (χ2n) is 9.52. The lowest BCUT2D eigenvalue weighted by atomic mass is 9.72. The standard InChI is InChI=1S/C25H21ClF4N2O3/c1-13-6-4-5-7-15(13)21(34)31-24(25(28,29)30)20-18(11-23(2,3)12-19(20)33)32(22(24)35)14-8-9-17(27)16(26)10-14/h4-10H,11-12H2,1-3H3,(H,31,34)/t24-/m1/s1. The van der Waals surface area contributed by atoms with Crippen molar-refractivity contribution in [3.05, 3.63) is 75.7 Å². The predicted molar refractivity (Wildman–Crippen MR) is 121 cm³/mol. The predicted octanol–water partition coefficient (Wildman–Crippen LogP) is 5.51. The molecule has 5 nitrogen and oxygen atoms in total. The number of halogens is 5. The molecule has 0 aromatic heterocycles. The number of hydrogen-bond acceptors (Lipinski definition) is 3. The first-order valence-electron chi connectivity index (χ1n) is 10.7. The van der Waals surface area contributed by atoms with Crippen LogP contribution in [0.5, 0.6) is 0 Å². The van der Waals surface area contributed by atoms with Gasteiger partial charge in [-0.15, -0.1) is 0 Å². The Labute approximate surface area is 203 Å². The number of amides is 2. The first-order valence-corrected chi connectivity index (χ1v) is 11.1. The van der Waals surface area contributed by atoms with Crippen molar-refractivity contribution in [3.8, 4) is 0 Å². The number of ketones is 1. The van der Waals surface area contributed by atoms with Gasteiger partial charge in [-0.3, -0.25) is 19.3 Å². The molecule has 0 bridgehead atoms. The van der Waals surface area contributed by atoms with E-state index in [0.29, 0.717) is 5.56 Å². The summed E-state index contributed by atoms with van der Waals surface area (Å²) in [6.45, 7) is 4.92. The summed E-state index contributed by atoms with van der Waals surface area (Å²) in [6, 6.07) is 8.99. The molecule has 0 radical (unpaired) electrons. The molecule has 0 spiro atoms. The van der Waals surface area contributed by atoms with Crippen molar-refractivity contribution >= 4 is 34.9 Å². The first kappa shape index (κ1) is 24.9. The summed E-state index contributed by atoms with van der Waals surface area (Å²) >= 11 is 5.85.